The molecule has 1 N–H and O–H groups in total. The van der Waals surface area contributed by atoms with Crippen LogP contribution in [0.5, 0.6) is 0 Å². The van der Waals surface area contributed by atoms with Crippen molar-refractivity contribution < 1.29 is 4.42 Å². The van der Waals surface area contributed by atoms with Gasteiger partial charge in [0.2, 0.25) is 0 Å². The predicted molar refractivity (Wildman–Crippen MR) is 88.1 cm³/mol. The number of hydrogen-bond donors (Lipinski definition) is 1. The molecule has 3 aromatic rings. The largest absolute Gasteiger partial charge is 0.429 e. The summed E-state index contributed by atoms with van der Waals surface area (Å²) in [5.74, 6) is 0. The molecule has 6 heteroatoms. The van der Waals surface area contributed by atoms with Crippen LogP contribution in [0.4, 0.5) is 5.69 Å². The van der Waals surface area contributed by atoms with Gasteiger partial charge in [-0.05, 0) is 60.8 Å². The Morgan fingerprint density at radius 2 is 1.80 bits per heavy atom. The monoisotopic (exact) mass is 320 g/mol. The van der Waals surface area contributed by atoms with E-state index in [2.05, 4.69) is 5.32 Å². The second-order valence-electron chi connectivity index (χ2n) is 4.11. The first-order chi connectivity index (χ1) is 9.65. The fourth-order valence-corrected chi connectivity index (χ4v) is 2.63. The molecule has 2 aromatic carbocycles. The normalized spacial score (nSPS) is 10.7. The highest BCUT2D eigenvalue weighted by molar-refractivity contribution is 7.80. The molecule has 0 radical (unpaired) electrons. The van der Waals surface area contributed by atoms with E-state index < -0.39 is 0 Å². The van der Waals surface area contributed by atoms with Gasteiger partial charge in [0.15, 0.2) is 10.7 Å². The van der Waals surface area contributed by atoms with Crippen LogP contribution >= 0.6 is 36.0 Å². The minimum atomic E-state index is 0.317. The Bertz CT molecular complexity index is 836. The number of hydrogen-bond acceptors (Lipinski definition) is 3. The van der Waals surface area contributed by atoms with Crippen LogP contribution in [0.2, 0.25) is 5.02 Å². The SMILES string of the molecule is S=C(Nc1ccc(Cl)cc1)n1c(=S)oc2ccccc21. The van der Waals surface area contributed by atoms with Crippen LogP contribution in [-0.2, 0) is 0 Å². The molecule has 1 heterocycles. The van der Waals surface area contributed by atoms with Gasteiger partial charge in [0.25, 0.3) is 4.84 Å². The van der Waals surface area contributed by atoms with E-state index in [-0.39, 0.29) is 0 Å². The third-order valence-corrected chi connectivity index (χ3v) is 3.59. The highest BCUT2D eigenvalue weighted by Gasteiger charge is 2.10. The second kappa shape index (κ2) is 5.36. The molecule has 0 aliphatic rings. The maximum Gasteiger partial charge on any atom is 0.276 e. The van der Waals surface area contributed by atoms with Crippen LogP contribution in [0.25, 0.3) is 11.1 Å². The first-order valence-electron chi connectivity index (χ1n) is 5.83. The molecule has 0 aliphatic carbocycles. The summed E-state index contributed by atoms with van der Waals surface area (Å²) in [4.78, 5) is 0.317. The molecule has 20 heavy (non-hydrogen) atoms. The van der Waals surface area contributed by atoms with Crippen molar-refractivity contribution in [2.24, 2.45) is 0 Å². The number of aromatic nitrogens is 1. The molecule has 0 unspecified atom stereocenters. The first kappa shape index (κ1) is 13.3. The van der Waals surface area contributed by atoms with Crippen molar-refractivity contribution in [1.29, 1.82) is 0 Å². The van der Waals surface area contributed by atoms with Crippen LogP contribution < -0.4 is 5.32 Å². The summed E-state index contributed by atoms with van der Waals surface area (Å²) in [6, 6.07) is 14.8. The molecule has 0 saturated carbocycles. The number of halogens is 1. The van der Waals surface area contributed by atoms with Crippen LogP contribution in [0.3, 0.4) is 0 Å². The summed E-state index contributed by atoms with van der Waals surface area (Å²) < 4.78 is 7.20. The van der Waals surface area contributed by atoms with Gasteiger partial charge in [0.05, 0.1) is 5.52 Å². The summed E-state index contributed by atoms with van der Waals surface area (Å²) in [7, 11) is 0. The van der Waals surface area contributed by atoms with E-state index >= 15 is 0 Å². The van der Waals surface area contributed by atoms with E-state index in [4.69, 9.17) is 40.5 Å². The molecule has 0 amide bonds. The Morgan fingerprint density at radius 1 is 1.10 bits per heavy atom. The number of rotatable bonds is 1. The minimum Gasteiger partial charge on any atom is -0.429 e. The Balaban J connectivity index is 1.98. The Labute approximate surface area is 130 Å². The van der Waals surface area contributed by atoms with Gasteiger partial charge >= 0.3 is 0 Å². The van der Waals surface area contributed by atoms with E-state index in [0.29, 0.717) is 20.6 Å². The van der Waals surface area contributed by atoms with Crippen molar-refractivity contribution >= 4 is 57.9 Å². The van der Waals surface area contributed by atoms with Crippen molar-refractivity contribution in [3.8, 4) is 0 Å². The summed E-state index contributed by atoms with van der Waals surface area (Å²) in [6.45, 7) is 0. The van der Waals surface area contributed by atoms with Gasteiger partial charge < -0.3 is 9.73 Å². The highest BCUT2D eigenvalue weighted by Crippen LogP contribution is 2.19. The van der Waals surface area contributed by atoms with Gasteiger partial charge in [-0.2, -0.15) is 0 Å². The van der Waals surface area contributed by atoms with Crippen LogP contribution in [0.1, 0.15) is 0 Å². The van der Waals surface area contributed by atoms with Gasteiger partial charge in [-0.1, -0.05) is 23.7 Å². The van der Waals surface area contributed by atoms with Crippen molar-refractivity contribution in [2.75, 3.05) is 5.32 Å². The number of fused-ring (bicyclic) bond motifs is 1. The average molecular weight is 321 g/mol. The molecule has 100 valence electrons. The lowest BCUT2D eigenvalue weighted by atomic mass is 10.3. The van der Waals surface area contributed by atoms with Crippen LogP contribution in [-0.4, -0.2) is 9.68 Å². The van der Waals surface area contributed by atoms with Gasteiger partial charge in [-0.25, -0.2) is 4.57 Å². The molecular weight excluding hydrogens is 312 g/mol. The first-order valence-corrected chi connectivity index (χ1v) is 7.02. The van der Waals surface area contributed by atoms with Crippen molar-refractivity contribution in [2.45, 2.75) is 0 Å². The fraction of sp³-hybridized carbons (Fsp3) is 0. The number of oxazole rings is 1. The Kier molecular flexibility index (Phi) is 3.56. The second-order valence-corrected chi connectivity index (χ2v) is 5.28. The smallest absolute Gasteiger partial charge is 0.276 e. The number of nitrogens with one attached hydrogen (secondary N) is 1. The van der Waals surface area contributed by atoms with E-state index in [1.807, 2.05) is 36.4 Å². The zero-order valence-electron chi connectivity index (χ0n) is 10.2. The average Bonchev–Trinajstić information content (AvgIpc) is 2.77. The van der Waals surface area contributed by atoms with Crippen molar-refractivity contribution in [3.63, 3.8) is 0 Å². The molecule has 1 aromatic heterocycles. The van der Waals surface area contributed by atoms with Gasteiger partial charge in [-0.15, -0.1) is 0 Å². The van der Waals surface area contributed by atoms with Crippen LogP contribution in [0.15, 0.2) is 52.9 Å². The molecule has 0 aliphatic heterocycles. The van der Waals surface area contributed by atoms with E-state index in [1.54, 1.807) is 16.7 Å². The van der Waals surface area contributed by atoms with Gasteiger partial charge in [-0.3, -0.25) is 0 Å². The summed E-state index contributed by atoms with van der Waals surface area (Å²) >= 11 is 16.5. The fourth-order valence-electron chi connectivity index (χ4n) is 1.87. The molecule has 0 atom stereocenters. The molecule has 3 nitrogen and oxygen atoms in total. The van der Waals surface area contributed by atoms with Gasteiger partial charge in [0, 0.05) is 10.7 Å². The Morgan fingerprint density at radius 3 is 2.55 bits per heavy atom. The number of para-hydroxylation sites is 2. The van der Waals surface area contributed by atoms with E-state index in [0.717, 1.165) is 11.2 Å². The topological polar surface area (TPSA) is 30.1 Å². The predicted octanol–water partition coefficient (Wildman–Crippen LogP) is 4.86. The zero-order chi connectivity index (χ0) is 14.1. The third-order valence-electron chi connectivity index (χ3n) is 2.78. The van der Waals surface area contributed by atoms with E-state index in [1.165, 1.54) is 0 Å². The van der Waals surface area contributed by atoms with Gasteiger partial charge in [0.1, 0.15) is 0 Å². The molecular formula is C14H9ClN2OS2. The quantitative estimate of drug-likeness (QED) is 0.648. The lowest BCUT2D eigenvalue weighted by molar-refractivity contribution is 0.575. The summed E-state index contributed by atoms with van der Waals surface area (Å²) in [6.07, 6.45) is 0. The summed E-state index contributed by atoms with van der Waals surface area (Å²) in [5.41, 5.74) is 2.38. The molecule has 3 rings (SSSR count). The standard InChI is InChI=1S/C14H9ClN2OS2/c15-9-5-7-10(8-6-9)16-13(19)17-11-3-1-2-4-12(11)18-14(17)20/h1-8H,(H,16,19). The summed E-state index contributed by atoms with van der Waals surface area (Å²) in [5, 5.41) is 4.25. The molecule has 0 fully saturated rings. The minimum absolute atomic E-state index is 0.317. The number of thiocarbonyl (C=S) groups is 1. The zero-order valence-corrected chi connectivity index (χ0v) is 12.6. The van der Waals surface area contributed by atoms with E-state index in [9.17, 15) is 0 Å². The Hall–Kier alpha value is -1.69. The molecule has 0 spiro atoms. The number of nitrogens with zero attached hydrogens (tertiary/aromatic N) is 1. The third kappa shape index (κ3) is 2.47. The van der Waals surface area contributed by atoms with Crippen LogP contribution in [0, 0.1) is 4.84 Å². The maximum atomic E-state index is 5.85. The lowest BCUT2D eigenvalue weighted by Gasteiger charge is -2.08. The molecule has 0 saturated heterocycles. The van der Waals surface area contributed by atoms with Crippen molar-refractivity contribution in [3.05, 3.63) is 58.4 Å². The number of anilines is 1. The lowest BCUT2D eigenvalue weighted by Crippen LogP contribution is -2.18. The number of benzene rings is 2. The molecule has 0 bridgehead atoms. The maximum absolute atomic E-state index is 5.85. The highest BCUT2D eigenvalue weighted by atomic mass is 35.5. The van der Waals surface area contributed by atoms with Crippen molar-refractivity contribution in [1.82, 2.24) is 4.57 Å².